The Balaban J connectivity index is 1.98. The molecule has 2 N–H and O–H groups in total. The average Bonchev–Trinajstić information content (AvgIpc) is 2.79. The van der Waals surface area contributed by atoms with Gasteiger partial charge in [-0.15, -0.1) is 0 Å². The first-order chi connectivity index (χ1) is 15.6. The fourth-order valence-corrected chi connectivity index (χ4v) is 2.93. The van der Waals surface area contributed by atoms with E-state index >= 15 is 0 Å². The van der Waals surface area contributed by atoms with Gasteiger partial charge in [0.05, 0.1) is 38.6 Å². The predicted octanol–water partition coefficient (Wildman–Crippen LogP) is 2.94. The monoisotopic (exact) mass is 467 g/mol. The molecule has 2 rings (SSSR count). The number of alkyl halides is 3. The van der Waals surface area contributed by atoms with Crippen molar-refractivity contribution in [3.63, 3.8) is 0 Å². The molecule has 0 heterocycles. The standard InChI is InChI=1S/C22H24F3N3O5/c1-4-28(13-19(29)27-16-8-6-5-7-15(16)22(23,24)25)20(30)12-26-21(31)14-9-10-17(32-2)18(11-14)33-3/h5-11H,4,12-13H2,1-3H3,(H,26,31)(H,27,29). The second kappa shape index (κ2) is 11.2. The van der Waals surface area contributed by atoms with E-state index in [9.17, 15) is 27.6 Å². The maximum atomic E-state index is 13.1. The number of amides is 3. The number of carbonyl (C=O) groups is 3. The van der Waals surface area contributed by atoms with Crippen molar-refractivity contribution in [2.75, 3.05) is 39.2 Å². The van der Waals surface area contributed by atoms with Crippen molar-refractivity contribution < 1.29 is 37.0 Å². The summed E-state index contributed by atoms with van der Waals surface area (Å²) in [5.74, 6) is -1.16. The highest BCUT2D eigenvalue weighted by Crippen LogP contribution is 2.34. The van der Waals surface area contributed by atoms with Crippen molar-refractivity contribution in [3.8, 4) is 11.5 Å². The molecule has 33 heavy (non-hydrogen) atoms. The fourth-order valence-electron chi connectivity index (χ4n) is 2.93. The lowest BCUT2D eigenvalue weighted by Gasteiger charge is -2.21. The number of hydrogen-bond acceptors (Lipinski definition) is 5. The number of likely N-dealkylation sites (N-methyl/N-ethyl adjacent to an activating group) is 1. The smallest absolute Gasteiger partial charge is 0.418 e. The molecule has 0 aliphatic rings. The Morgan fingerprint density at radius 2 is 1.67 bits per heavy atom. The maximum Gasteiger partial charge on any atom is 0.418 e. The molecule has 2 aromatic carbocycles. The molecule has 178 valence electrons. The van der Waals surface area contributed by atoms with Crippen LogP contribution in [0.4, 0.5) is 18.9 Å². The molecule has 0 aromatic heterocycles. The number of anilines is 1. The Bertz CT molecular complexity index is 1010. The van der Waals surface area contributed by atoms with Crippen LogP contribution in [0.1, 0.15) is 22.8 Å². The van der Waals surface area contributed by atoms with Crippen molar-refractivity contribution in [3.05, 3.63) is 53.6 Å². The molecule has 0 fully saturated rings. The molecule has 0 bridgehead atoms. The van der Waals surface area contributed by atoms with Gasteiger partial charge in [-0.05, 0) is 37.3 Å². The van der Waals surface area contributed by atoms with E-state index in [2.05, 4.69) is 10.6 Å². The van der Waals surface area contributed by atoms with E-state index in [1.165, 1.54) is 44.6 Å². The molecule has 3 amide bonds. The zero-order valence-electron chi connectivity index (χ0n) is 18.3. The van der Waals surface area contributed by atoms with E-state index in [0.29, 0.717) is 11.5 Å². The molecule has 0 aliphatic heterocycles. The molecule has 2 aromatic rings. The molecule has 8 nitrogen and oxygen atoms in total. The van der Waals surface area contributed by atoms with Crippen LogP contribution in [0.5, 0.6) is 11.5 Å². The summed E-state index contributed by atoms with van der Waals surface area (Å²) in [7, 11) is 2.87. The van der Waals surface area contributed by atoms with E-state index in [4.69, 9.17) is 9.47 Å². The van der Waals surface area contributed by atoms with Gasteiger partial charge in [0.15, 0.2) is 11.5 Å². The van der Waals surface area contributed by atoms with Crippen LogP contribution in [0.3, 0.4) is 0 Å². The third kappa shape index (κ3) is 6.86. The minimum absolute atomic E-state index is 0.111. The number of nitrogens with one attached hydrogen (secondary N) is 2. The molecule has 0 aliphatic carbocycles. The number of carbonyl (C=O) groups excluding carboxylic acids is 3. The molecular weight excluding hydrogens is 443 g/mol. The molecule has 11 heteroatoms. The second-order valence-corrected chi connectivity index (χ2v) is 6.75. The summed E-state index contributed by atoms with van der Waals surface area (Å²) in [5.41, 5.74) is -1.17. The largest absolute Gasteiger partial charge is 0.493 e. The van der Waals surface area contributed by atoms with E-state index in [-0.39, 0.29) is 12.1 Å². The van der Waals surface area contributed by atoms with Gasteiger partial charge in [-0.2, -0.15) is 13.2 Å². The first kappa shape index (κ1) is 25.5. The number of benzene rings is 2. The zero-order valence-corrected chi connectivity index (χ0v) is 18.3. The van der Waals surface area contributed by atoms with E-state index in [1.54, 1.807) is 6.92 Å². The van der Waals surface area contributed by atoms with Crippen LogP contribution in [0, 0.1) is 0 Å². The minimum Gasteiger partial charge on any atom is -0.493 e. The van der Waals surface area contributed by atoms with Gasteiger partial charge in [0.2, 0.25) is 11.8 Å². The summed E-state index contributed by atoms with van der Waals surface area (Å²) in [4.78, 5) is 38.2. The van der Waals surface area contributed by atoms with E-state index in [0.717, 1.165) is 17.0 Å². The highest BCUT2D eigenvalue weighted by molar-refractivity contribution is 5.98. The Morgan fingerprint density at radius 3 is 2.27 bits per heavy atom. The molecule has 0 radical (unpaired) electrons. The highest BCUT2D eigenvalue weighted by Gasteiger charge is 2.33. The lowest BCUT2D eigenvalue weighted by Crippen LogP contribution is -2.43. The topological polar surface area (TPSA) is 97.0 Å². The number of rotatable bonds is 9. The fraction of sp³-hybridized carbons (Fsp3) is 0.318. The number of halogens is 3. The third-order valence-electron chi connectivity index (χ3n) is 4.62. The van der Waals surface area contributed by atoms with Crippen LogP contribution in [-0.4, -0.2) is 56.5 Å². The van der Waals surface area contributed by atoms with Crippen molar-refractivity contribution in [1.29, 1.82) is 0 Å². The van der Waals surface area contributed by atoms with Crippen LogP contribution >= 0.6 is 0 Å². The van der Waals surface area contributed by atoms with Gasteiger partial charge in [-0.3, -0.25) is 14.4 Å². The van der Waals surface area contributed by atoms with Gasteiger partial charge in [-0.25, -0.2) is 0 Å². The predicted molar refractivity (Wildman–Crippen MR) is 114 cm³/mol. The van der Waals surface area contributed by atoms with E-state index < -0.39 is 48.2 Å². The van der Waals surface area contributed by atoms with Crippen LogP contribution in [0.25, 0.3) is 0 Å². The van der Waals surface area contributed by atoms with Gasteiger partial charge >= 0.3 is 6.18 Å². The second-order valence-electron chi connectivity index (χ2n) is 6.75. The van der Waals surface area contributed by atoms with Crippen LogP contribution in [0.2, 0.25) is 0 Å². The molecule has 0 atom stereocenters. The minimum atomic E-state index is -4.64. The van der Waals surface area contributed by atoms with Crippen molar-refractivity contribution in [2.45, 2.75) is 13.1 Å². The average molecular weight is 467 g/mol. The number of hydrogen-bond donors (Lipinski definition) is 2. The Kier molecular flexibility index (Phi) is 8.66. The van der Waals surface area contributed by atoms with Crippen molar-refractivity contribution in [2.24, 2.45) is 0 Å². The molecule has 0 unspecified atom stereocenters. The summed E-state index contributed by atoms with van der Waals surface area (Å²) in [5, 5.41) is 4.63. The van der Waals surface area contributed by atoms with E-state index in [1.807, 2.05) is 0 Å². The van der Waals surface area contributed by atoms with Gasteiger partial charge in [0.1, 0.15) is 0 Å². The Hall–Kier alpha value is -3.76. The number of ether oxygens (including phenoxy) is 2. The number of para-hydroxylation sites is 1. The lowest BCUT2D eigenvalue weighted by molar-refractivity contribution is -0.137. The first-order valence-electron chi connectivity index (χ1n) is 9.84. The SMILES string of the molecule is CCN(CC(=O)Nc1ccccc1C(F)(F)F)C(=O)CNC(=O)c1ccc(OC)c(OC)c1. The molecule has 0 spiro atoms. The summed E-state index contributed by atoms with van der Waals surface area (Å²) < 4.78 is 49.5. The quantitative estimate of drug-likeness (QED) is 0.591. The maximum absolute atomic E-state index is 13.1. The van der Waals surface area contributed by atoms with Crippen LogP contribution in [-0.2, 0) is 15.8 Å². The molecule has 0 saturated heterocycles. The normalized spacial score (nSPS) is 10.8. The van der Waals surface area contributed by atoms with Crippen LogP contribution < -0.4 is 20.1 Å². The van der Waals surface area contributed by atoms with Crippen molar-refractivity contribution >= 4 is 23.4 Å². The Morgan fingerprint density at radius 1 is 1.00 bits per heavy atom. The Labute approximate surface area is 188 Å². The van der Waals surface area contributed by atoms with Gasteiger partial charge in [0.25, 0.3) is 5.91 Å². The summed E-state index contributed by atoms with van der Waals surface area (Å²) >= 11 is 0. The van der Waals surface area contributed by atoms with Crippen LogP contribution in [0.15, 0.2) is 42.5 Å². The summed E-state index contributed by atoms with van der Waals surface area (Å²) in [6.45, 7) is 0.825. The number of methoxy groups -OCH3 is 2. The highest BCUT2D eigenvalue weighted by atomic mass is 19.4. The van der Waals surface area contributed by atoms with Gasteiger partial charge in [-0.1, -0.05) is 12.1 Å². The summed E-state index contributed by atoms with van der Waals surface area (Å²) in [6, 6.07) is 9.02. The molecular formula is C22H24F3N3O5. The van der Waals surface area contributed by atoms with Crippen molar-refractivity contribution in [1.82, 2.24) is 10.2 Å². The molecule has 0 saturated carbocycles. The van der Waals surface area contributed by atoms with Gasteiger partial charge < -0.3 is 25.0 Å². The van der Waals surface area contributed by atoms with Gasteiger partial charge in [0, 0.05) is 12.1 Å². The lowest BCUT2D eigenvalue weighted by atomic mass is 10.1. The first-order valence-corrected chi connectivity index (χ1v) is 9.84. The zero-order chi connectivity index (χ0) is 24.6. The number of nitrogens with zero attached hydrogens (tertiary/aromatic N) is 1. The summed E-state index contributed by atoms with van der Waals surface area (Å²) in [6.07, 6.45) is -4.64. The third-order valence-corrected chi connectivity index (χ3v) is 4.62.